The number of carbonyl (C=O) groups excluding carboxylic acids is 4. The molecule has 0 N–H and O–H groups in total. The van der Waals surface area contributed by atoms with Crippen molar-refractivity contribution in [3.63, 3.8) is 0 Å². The lowest BCUT2D eigenvalue weighted by atomic mass is 9.55. The first-order valence-electron chi connectivity index (χ1n) is 16.6. The van der Waals surface area contributed by atoms with E-state index in [2.05, 4.69) is 38.1 Å². The molecule has 0 aromatic heterocycles. The van der Waals surface area contributed by atoms with E-state index in [4.69, 9.17) is 4.74 Å². The molecule has 2 aliphatic heterocycles. The molecule has 7 heteroatoms. The molecule has 7 nitrogen and oxygen atoms in total. The van der Waals surface area contributed by atoms with Crippen LogP contribution < -0.4 is 14.5 Å². The number of rotatable bonds is 6. The lowest BCUT2D eigenvalue weighted by Crippen LogP contribution is -2.41. The van der Waals surface area contributed by atoms with Crippen molar-refractivity contribution in [3.8, 4) is 5.75 Å². The molecular weight excluding hydrogens is 588 g/mol. The predicted octanol–water partition coefficient (Wildman–Crippen LogP) is 6.47. The van der Waals surface area contributed by atoms with Crippen LogP contribution in [0.25, 0.3) is 0 Å². The first kappa shape index (κ1) is 29.4. The van der Waals surface area contributed by atoms with Crippen molar-refractivity contribution in [2.45, 2.75) is 51.9 Å². The van der Waals surface area contributed by atoms with E-state index in [-0.39, 0.29) is 42.5 Å². The topological polar surface area (TPSA) is 84.0 Å². The van der Waals surface area contributed by atoms with Crippen LogP contribution in [0.2, 0.25) is 0 Å². The fraction of sp³-hybridized carbons (Fsp3) is 0.300. The summed E-state index contributed by atoms with van der Waals surface area (Å²) in [6.45, 7) is 6.22. The first-order chi connectivity index (χ1) is 22.8. The van der Waals surface area contributed by atoms with E-state index in [1.807, 2.05) is 49.4 Å². The van der Waals surface area contributed by atoms with Crippen molar-refractivity contribution in [1.29, 1.82) is 0 Å². The number of para-hydroxylation sites is 1. The second kappa shape index (κ2) is 11.0. The number of imide groups is 1. The van der Waals surface area contributed by atoms with Gasteiger partial charge in [0, 0.05) is 30.5 Å². The van der Waals surface area contributed by atoms with Gasteiger partial charge in [-0.3, -0.25) is 19.2 Å². The minimum absolute atomic E-state index is 0.0835. The van der Waals surface area contributed by atoms with Gasteiger partial charge in [-0.1, -0.05) is 80.6 Å². The zero-order valence-electron chi connectivity index (χ0n) is 26.7. The SMILES string of the molecule is CCc1cccc(CC)c1N1C[C@@H](C(=O)Oc2ccc(N3C(=O)[C@@H]4C5c6ccccc6C(c6ccccc65)[C@@H]4C3=O)c(C)c2)CC1=O. The van der Waals surface area contributed by atoms with Crippen molar-refractivity contribution >= 4 is 35.1 Å². The third kappa shape index (κ3) is 4.32. The molecule has 4 aromatic rings. The van der Waals surface area contributed by atoms with Gasteiger partial charge in [-0.25, -0.2) is 4.90 Å². The van der Waals surface area contributed by atoms with E-state index >= 15 is 0 Å². The summed E-state index contributed by atoms with van der Waals surface area (Å²) >= 11 is 0. The highest BCUT2D eigenvalue weighted by Gasteiger charge is 2.61. The van der Waals surface area contributed by atoms with Gasteiger partial charge < -0.3 is 9.64 Å². The van der Waals surface area contributed by atoms with E-state index in [0.717, 1.165) is 51.9 Å². The Hall–Kier alpha value is -5.04. The number of ether oxygens (including phenoxy) is 1. The lowest BCUT2D eigenvalue weighted by molar-refractivity contribution is -0.139. The highest BCUT2D eigenvalue weighted by Crippen LogP contribution is 2.61. The number of hydrogen-bond acceptors (Lipinski definition) is 5. The van der Waals surface area contributed by atoms with Gasteiger partial charge in [0.15, 0.2) is 0 Å². The molecule has 2 fully saturated rings. The number of carbonyl (C=O) groups is 4. The number of hydrogen-bond donors (Lipinski definition) is 0. The molecule has 4 aromatic carbocycles. The summed E-state index contributed by atoms with van der Waals surface area (Å²) in [6.07, 6.45) is 1.67. The number of anilines is 2. The van der Waals surface area contributed by atoms with Gasteiger partial charge in [0.2, 0.25) is 17.7 Å². The molecule has 2 heterocycles. The number of benzene rings is 4. The van der Waals surface area contributed by atoms with E-state index in [1.54, 1.807) is 23.1 Å². The number of aryl methyl sites for hydroxylation is 3. The molecular formula is C40H36N2O5. The number of esters is 1. The minimum atomic E-state index is -0.597. The second-order valence-electron chi connectivity index (χ2n) is 13.2. The monoisotopic (exact) mass is 624 g/mol. The maximum absolute atomic E-state index is 14.2. The molecule has 2 saturated heterocycles. The largest absolute Gasteiger partial charge is 0.426 e. The Labute approximate surface area is 274 Å². The van der Waals surface area contributed by atoms with Crippen molar-refractivity contribution in [2.75, 3.05) is 16.3 Å². The van der Waals surface area contributed by atoms with Crippen LogP contribution in [0.5, 0.6) is 5.75 Å². The average Bonchev–Trinajstić information content (AvgIpc) is 3.60. The van der Waals surface area contributed by atoms with Crippen LogP contribution in [0.1, 0.15) is 71.0 Å². The third-order valence-electron chi connectivity index (χ3n) is 10.8. The summed E-state index contributed by atoms with van der Waals surface area (Å²) in [7, 11) is 0. The maximum Gasteiger partial charge on any atom is 0.316 e. The van der Waals surface area contributed by atoms with Gasteiger partial charge in [0.05, 0.1) is 23.4 Å². The van der Waals surface area contributed by atoms with Crippen molar-refractivity contribution in [2.24, 2.45) is 17.8 Å². The molecule has 9 rings (SSSR count). The third-order valence-corrected chi connectivity index (χ3v) is 10.8. The summed E-state index contributed by atoms with van der Waals surface area (Å²) in [4.78, 5) is 58.0. The van der Waals surface area contributed by atoms with E-state index in [0.29, 0.717) is 17.0 Å². The standard InChI is InChI=1S/C40H36N2O5/c1-4-23-11-10-12-24(5-2)37(23)41-21-25(20-32(41)43)40(46)47-26-17-18-31(22(3)19-26)42-38(44)35-33-27-13-6-7-14-28(27)34(36(35)39(42)45)30-16-9-8-15-29(30)33/h6-19,25,33-36H,4-5,20-21H2,1-3H3/t25-,33?,34?,35-,36+/m0/s1. The average molecular weight is 625 g/mol. The minimum Gasteiger partial charge on any atom is -0.426 e. The molecule has 0 saturated carbocycles. The van der Waals surface area contributed by atoms with Crippen molar-refractivity contribution in [3.05, 3.63) is 124 Å². The van der Waals surface area contributed by atoms with Crippen LogP contribution in [0.4, 0.5) is 11.4 Å². The van der Waals surface area contributed by atoms with Crippen molar-refractivity contribution in [1.82, 2.24) is 0 Å². The quantitative estimate of drug-likeness (QED) is 0.139. The van der Waals surface area contributed by atoms with Crippen molar-refractivity contribution < 1.29 is 23.9 Å². The molecule has 3 amide bonds. The second-order valence-corrected chi connectivity index (χ2v) is 13.2. The molecule has 2 bridgehead atoms. The molecule has 236 valence electrons. The molecule has 0 unspecified atom stereocenters. The Kier molecular flexibility index (Phi) is 6.90. The number of nitrogens with zero attached hydrogens (tertiary/aromatic N) is 2. The summed E-state index contributed by atoms with van der Waals surface area (Å²) in [5.41, 5.74) is 8.78. The summed E-state index contributed by atoms with van der Waals surface area (Å²) in [5, 5.41) is 0. The molecule has 3 atom stereocenters. The van der Waals surface area contributed by atoms with Gasteiger partial charge in [0.1, 0.15) is 5.75 Å². The maximum atomic E-state index is 14.2. The lowest BCUT2D eigenvalue weighted by Gasteiger charge is -2.45. The fourth-order valence-electron chi connectivity index (χ4n) is 8.70. The van der Waals surface area contributed by atoms with E-state index in [1.165, 1.54) is 4.90 Å². The summed E-state index contributed by atoms with van der Waals surface area (Å²) in [5.74, 6) is -2.48. The van der Waals surface area contributed by atoms with Gasteiger partial charge in [0.25, 0.3) is 0 Å². The molecule has 3 aliphatic carbocycles. The fourth-order valence-corrected chi connectivity index (χ4v) is 8.70. The Bertz CT molecular complexity index is 1860. The Balaban J connectivity index is 1.04. The smallest absolute Gasteiger partial charge is 0.316 e. The molecule has 47 heavy (non-hydrogen) atoms. The molecule has 0 spiro atoms. The Morgan fingerprint density at radius 2 is 1.28 bits per heavy atom. The van der Waals surface area contributed by atoms with Crippen LogP contribution in [-0.4, -0.2) is 30.2 Å². The molecule has 5 aliphatic rings. The summed E-state index contributed by atoms with van der Waals surface area (Å²) < 4.78 is 5.81. The highest BCUT2D eigenvalue weighted by atomic mass is 16.5. The Morgan fingerprint density at radius 3 is 1.77 bits per heavy atom. The van der Waals surface area contributed by atoms with Crippen LogP contribution in [0, 0.1) is 24.7 Å². The first-order valence-corrected chi connectivity index (χ1v) is 16.6. The van der Waals surface area contributed by atoms with Crippen LogP contribution in [-0.2, 0) is 32.0 Å². The van der Waals surface area contributed by atoms with Crippen LogP contribution in [0.3, 0.4) is 0 Å². The van der Waals surface area contributed by atoms with Gasteiger partial charge in [-0.15, -0.1) is 0 Å². The summed E-state index contributed by atoms with van der Waals surface area (Å²) in [6, 6.07) is 27.5. The van der Waals surface area contributed by atoms with Gasteiger partial charge in [-0.2, -0.15) is 0 Å². The van der Waals surface area contributed by atoms with E-state index in [9.17, 15) is 19.2 Å². The zero-order chi connectivity index (χ0) is 32.6. The molecule has 0 radical (unpaired) electrons. The van der Waals surface area contributed by atoms with Gasteiger partial charge >= 0.3 is 5.97 Å². The number of amides is 3. The normalized spacial score (nSPS) is 24.0. The zero-order valence-corrected chi connectivity index (χ0v) is 26.7. The van der Waals surface area contributed by atoms with Gasteiger partial charge in [-0.05, 0) is 76.9 Å². The van der Waals surface area contributed by atoms with Crippen LogP contribution >= 0.6 is 0 Å². The van der Waals surface area contributed by atoms with Crippen LogP contribution in [0.15, 0.2) is 84.9 Å². The highest BCUT2D eigenvalue weighted by molar-refractivity contribution is 6.23. The predicted molar refractivity (Wildman–Crippen MR) is 179 cm³/mol. The van der Waals surface area contributed by atoms with E-state index < -0.39 is 23.7 Å². The Morgan fingerprint density at radius 1 is 0.745 bits per heavy atom.